The predicted octanol–water partition coefficient (Wildman–Crippen LogP) is 2.75. The number of ether oxygens (including phenoxy) is 2. The molecular formula is C21H25N3O4. The lowest BCUT2D eigenvalue weighted by Crippen LogP contribution is -2.34. The minimum Gasteiger partial charge on any atom is -0.497 e. The van der Waals surface area contributed by atoms with Crippen LogP contribution in [0.1, 0.15) is 35.7 Å². The fourth-order valence-corrected chi connectivity index (χ4v) is 2.21. The van der Waals surface area contributed by atoms with Gasteiger partial charge >= 0.3 is 0 Å². The second kappa shape index (κ2) is 11.4. The molecule has 7 nitrogen and oxygen atoms in total. The van der Waals surface area contributed by atoms with E-state index in [1.165, 1.54) is 6.21 Å². The lowest BCUT2D eigenvalue weighted by atomic mass is 10.2. The second-order valence-corrected chi connectivity index (χ2v) is 5.98. The number of carbonyl (C=O) groups is 2. The summed E-state index contributed by atoms with van der Waals surface area (Å²) in [5.41, 5.74) is 3.64. The van der Waals surface area contributed by atoms with E-state index in [1.54, 1.807) is 31.4 Å². The van der Waals surface area contributed by atoms with Crippen LogP contribution in [-0.4, -0.2) is 38.3 Å². The lowest BCUT2D eigenvalue weighted by molar-refractivity contribution is -0.120. The van der Waals surface area contributed by atoms with Gasteiger partial charge in [-0.3, -0.25) is 9.59 Å². The molecule has 2 aromatic carbocycles. The van der Waals surface area contributed by atoms with Crippen LogP contribution in [0.3, 0.4) is 0 Å². The summed E-state index contributed by atoms with van der Waals surface area (Å²) in [7, 11) is 1.55. The molecule has 2 rings (SSSR count). The SMILES string of the molecule is CCCCOc1ccc(/C=N\NC(=O)CNC(=O)c2ccc(OC)cc2)cc1. The molecule has 0 aliphatic heterocycles. The highest BCUT2D eigenvalue weighted by molar-refractivity contribution is 5.96. The molecule has 0 aliphatic carbocycles. The molecule has 2 N–H and O–H groups in total. The number of amides is 2. The highest BCUT2D eigenvalue weighted by Gasteiger charge is 2.07. The second-order valence-electron chi connectivity index (χ2n) is 5.98. The van der Waals surface area contributed by atoms with Crippen LogP contribution >= 0.6 is 0 Å². The molecule has 7 heteroatoms. The monoisotopic (exact) mass is 383 g/mol. The summed E-state index contributed by atoms with van der Waals surface area (Å²) < 4.78 is 10.6. The van der Waals surface area contributed by atoms with E-state index in [2.05, 4.69) is 22.8 Å². The Labute approximate surface area is 164 Å². The number of nitrogens with one attached hydrogen (secondary N) is 2. The quantitative estimate of drug-likeness (QED) is 0.375. The fraction of sp³-hybridized carbons (Fsp3) is 0.286. The van der Waals surface area contributed by atoms with Crippen LogP contribution in [-0.2, 0) is 4.79 Å². The Hall–Kier alpha value is -3.35. The van der Waals surface area contributed by atoms with Crippen LogP contribution in [0.25, 0.3) is 0 Å². The zero-order chi connectivity index (χ0) is 20.2. The van der Waals surface area contributed by atoms with Crippen LogP contribution in [0, 0.1) is 0 Å². The van der Waals surface area contributed by atoms with Crippen LogP contribution < -0.4 is 20.2 Å². The first-order chi connectivity index (χ1) is 13.6. The van der Waals surface area contributed by atoms with E-state index in [4.69, 9.17) is 9.47 Å². The maximum absolute atomic E-state index is 12.0. The molecule has 0 saturated heterocycles. The molecule has 0 unspecified atom stereocenters. The Bertz CT molecular complexity index is 786. The van der Waals surface area contributed by atoms with E-state index >= 15 is 0 Å². The van der Waals surface area contributed by atoms with E-state index in [1.807, 2.05) is 24.3 Å². The Morgan fingerprint density at radius 1 is 1.04 bits per heavy atom. The van der Waals surface area contributed by atoms with Gasteiger partial charge in [0.15, 0.2) is 0 Å². The summed E-state index contributed by atoms with van der Waals surface area (Å²) in [6.07, 6.45) is 3.63. The van der Waals surface area contributed by atoms with E-state index < -0.39 is 5.91 Å². The van der Waals surface area contributed by atoms with E-state index in [9.17, 15) is 9.59 Å². The van der Waals surface area contributed by atoms with E-state index in [-0.39, 0.29) is 12.5 Å². The van der Waals surface area contributed by atoms with Crippen molar-refractivity contribution >= 4 is 18.0 Å². The molecule has 2 aromatic rings. The van der Waals surface area contributed by atoms with Gasteiger partial charge in [0.25, 0.3) is 11.8 Å². The fourth-order valence-electron chi connectivity index (χ4n) is 2.21. The molecule has 0 fully saturated rings. The number of hydrogen-bond donors (Lipinski definition) is 2. The van der Waals surface area contributed by atoms with Gasteiger partial charge in [0, 0.05) is 5.56 Å². The molecule has 148 valence electrons. The van der Waals surface area contributed by atoms with Crippen molar-refractivity contribution in [2.75, 3.05) is 20.3 Å². The number of rotatable bonds is 10. The number of methoxy groups -OCH3 is 1. The Kier molecular flexibility index (Phi) is 8.52. The summed E-state index contributed by atoms with van der Waals surface area (Å²) in [6, 6.07) is 14.0. The number of nitrogens with zero attached hydrogens (tertiary/aromatic N) is 1. The van der Waals surface area contributed by atoms with Crippen molar-refractivity contribution in [2.45, 2.75) is 19.8 Å². The first-order valence-corrected chi connectivity index (χ1v) is 9.09. The summed E-state index contributed by atoms with van der Waals surface area (Å²) in [5.74, 6) is 0.693. The number of hydrogen-bond acceptors (Lipinski definition) is 5. The first kappa shape index (κ1) is 21.0. The van der Waals surface area contributed by atoms with Crippen molar-refractivity contribution in [3.63, 3.8) is 0 Å². The third-order valence-electron chi connectivity index (χ3n) is 3.81. The maximum Gasteiger partial charge on any atom is 0.259 e. The summed E-state index contributed by atoms with van der Waals surface area (Å²) >= 11 is 0. The normalized spacial score (nSPS) is 10.5. The maximum atomic E-state index is 12.0. The third-order valence-corrected chi connectivity index (χ3v) is 3.81. The topological polar surface area (TPSA) is 89.0 Å². The van der Waals surface area contributed by atoms with Crippen molar-refractivity contribution in [1.82, 2.24) is 10.7 Å². The van der Waals surface area contributed by atoms with E-state index in [0.29, 0.717) is 17.9 Å². The zero-order valence-corrected chi connectivity index (χ0v) is 16.1. The Balaban J connectivity index is 1.73. The number of hydrazone groups is 1. The zero-order valence-electron chi connectivity index (χ0n) is 16.1. The molecule has 0 aliphatic rings. The molecule has 0 radical (unpaired) electrons. The highest BCUT2D eigenvalue weighted by atomic mass is 16.5. The van der Waals surface area contributed by atoms with Crippen molar-refractivity contribution in [2.24, 2.45) is 5.10 Å². The van der Waals surface area contributed by atoms with Crippen LogP contribution in [0.4, 0.5) is 0 Å². The third kappa shape index (κ3) is 7.11. The van der Waals surface area contributed by atoms with Gasteiger partial charge in [-0.2, -0.15) is 5.10 Å². The van der Waals surface area contributed by atoms with Crippen LogP contribution in [0.2, 0.25) is 0 Å². The summed E-state index contributed by atoms with van der Waals surface area (Å²) in [6.45, 7) is 2.64. The van der Waals surface area contributed by atoms with Crippen molar-refractivity contribution in [1.29, 1.82) is 0 Å². The minimum atomic E-state index is -0.419. The van der Waals surface area contributed by atoms with Gasteiger partial charge in [-0.15, -0.1) is 0 Å². The average Bonchev–Trinajstić information content (AvgIpc) is 2.73. The minimum absolute atomic E-state index is 0.174. The molecule has 0 heterocycles. The smallest absolute Gasteiger partial charge is 0.259 e. The van der Waals surface area contributed by atoms with Crippen LogP contribution in [0.5, 0.6) is 11.5 Å². The Morgan fingerprint density at radius 3 is 2.36 bits per heavy atom. The Morgan fingerprint density at radius 2 is 1.71 bits per heavy atom. The molecule has 0 saturated carbocycles. The van der Waals surface area contributed by atoms with Crippen molar-refractivity contribution < 1.29 is 19.1 Å². The first-order valence-electron chi connectivity index (χ1n) is 9.09. The van der Waals surface area contributed by atoms with Crippen LogP contribution in [0.15, 0.2) is 53.6 Å². The molecule has 0 atom stereocenters. The van der Waals surface area contributed by atoms with Gasteiger partial charge in [0.2, 0.25) is 0 Å². The van der Waals surface area contributed by atoms with Gasteiger partial charge in [-0.1, -0.05) is 13.3 Å². The molecule has 0 spiro atoms. The highest BCUT2D eigenvalue weighted by Crippen LogP contribution is 2.12. The number of benzene rings is 2. The van der Waals surface area contributed by atoms with Crippen molar-refractivity contribution in [3.05, 3.63) is 59.7 Å². The van der Waals surface area contributed by atoms with Crippen molar-refractivity contribution in [3.8, 4) is 11.5 Å². The van der Waals surface area contributed by atoms with Gasteiger partial charge in [0.05, 0.1) is 26.5 Å². The summed E-state index contributed by atoms with van der Waals surface area (Å²) in [4.78, 5) is 23.8. The van der Waals surface area contributed by atoms with Gasteiger partial charge < -0.3 is 14.8 Å². The standard InChI is InChI=1S/C21H25N3O4/c1-3-4-13-28-19-9-5-16(6-10-19)14-23-24-20(25)15-22-21(26)17-7-11-18(27-2)12-8-17/h5-12,14H,3-4,13,15H2,1-2H3,(H,22,26)(H,24,25)/b23-14-. The largest absolute Gasteiger partial charge is 0.497 e. The predicted molar refractivity (Wildman–Crippen MR) is 108 cm³/mol. The molecule has 0 aromatic heterocycles. The average molecular weight is 383 g/mol. The summed E-state index contributed by atoms with van der Waals surface area (Å²) in [5, 5.41) is 6.42. The number of carbonyl (C=O) groups excluding carboxylic acids is 2. The molecule has 28 heavy (non-hydrogen) atoms. The van der Waals surface area contributed by atoms with Gasteiger partial charge in [0.1, 0.15) is 11.5 Å². The molecule has 0 bridgehead atoms. The van der Waals surface area contributed by atoms with Gasteiger partial charge in [-0.25, -0.2) is 5.43 Å². The molecular weight excluding hydrogens is 358 g/mol. The molecule has 2 amide bonds. The van der Waals surface area contributed by atoms with E-state index in [0.717, 1.165) is 24.2 Å². The van der Waals surface area contributed by atoms with Gasteiger partial charge in [-0.05, 0) is 60.5 Å². The lowest BCUT2D eigenvalue weighted by Gasteiger charge is -2.06. The number of unbranched alkanes of at least 4 members (excludes halogenated alkanes) is 1.